The molecule has 0 amide bonds. The molecule has 0 heterocycles. The van der Waals surface area contributed by atoms with Gasteiger partial charge in [0.25, 0.3) is 0 Å². The zero-order valence-electron chi connectivity index (χ0n) is 21.0. The molecular formula is C37H26. The standard InChI is InChI=1S/C37H26/c1-37(2)33-9-4-3-8-30(33)31-20-18-28(22-34(31)37)23-10-12-24(13-11-23)29-19-16-27-15-14-25-6-5-7-26-17-21-32(29)36(27)35(25)26/h3-22H,1-2H3. The zero-order chi connectivity index (χ0) is 24.7. The Hall–Kier alpha value is -4.42. The van der Waals surface area contributed by atoms with Gasteiger partial charge in [0, 0.05) is 5.41 Å². The number of fused-ring (bicyclic) bond motifs is 3. The maximum Gasteiger partial charge on any atom is 0.0159 e. The van der Waals surface area contributed by atoms with Crippen LogP contribution in [-0.2, 0) is 5.41 Å². The minimum Gasteiger partial charge on any atom is -0.0619 e. The Kier molecular flexibility index (Phi) is 4.10. The van der Waals surface area contributed by atoms with E-state index < -0.39 is 0 Å². The molecule has 7 aromatic carbocycles. The van der Waals surface area contributed by atoms with Gasteiger partial charge in [-0.1, -0.05) is 129 Å². The summed E-state index contributed by atoms with van der Waals surface area (Å²) in [7, 11) is 0. The molecule has 37 heavy (non-hydrogen) atoms. The lowest BCUT2D eigenvalue weighted by Gasteiger charge is -2.22. The largest absolute Gasteiger partial charge is 0.0619 e. The molecule has 7 aromatic rings. The molecular weight excluding hydrogens is 444 g/mol. The molecule has 1 aliphatic carbocycles. The molecule has 0 nitrogen and oxygen atoms in total. The summed E-state index contributed by atoms with van der Waals surface area (Å²) >= 11 is 0. The number of hydrogen-bond donors (Lipinski definition) is 0. The van der Waals surface area contributed by atoms with Crippen LogP contribution in [0.1, 0.15) is 25.0 Å². The first kappa shape index (κ1) is 20.7. The normalized spacial score (nSPS) is 13.9. The Bertz CT molecular complexity index is 1970. The van der Waals surface area contributed by atoms with Crippen molar-refractivity contribution < 1.29 is 0 Å². The molecule has 8 rings (SSSR count). The van der Waals surface area contributed by atoms with Crippen molar-refractivity contribution in [3.63, 3.8) is 0 Å². The summed E-state index contributed by atoms with van der Waals surface area (Å²) in [6.45, 7) is 4.69. The molecule has 0 aliphatic heterocycles. The van der Waals surface area contributed by atoms with E-state index in [9.17, 15) is 0 Å². The molecule has 0 aromatic heterocycles. The smallest absolute Gasteiger partial charge is 0.0159 e. The average Bonchev–Trinajstić information content (AvgIpc) is 3.18. The molecule has 0 bridgehead atoms. The van der Waals surface area contributed by atoms with E-state index in [0.29, 0.717) is 0 Å². The molecule has 0 atom stereocenters. The molecule has 0 N–H and O–H groups in total. The highest BCUT2D eigenvalue weighted by Gasteiger charge is 2.35. The van der Waals surface area contributed by atoms with E-state index >= 15 is 0 Å². The molecule has 1 aliphatic rings. The molecule has 0 saturated carbocycles. The quantitative estimate of drug-likeness (QED) is 0.220. The molecule has 0 heteroatoms. The van der Waals surface area contributed by atoms with E-state index in [2.05, 4.69) is 135 Å². The van der Waals surface area contributed by atoms with Crippen LogP contribution in [0.5, 0.6) is 0 Å². The van der Waals surface area contributed by atoms with E-state index in [4.69, 9.17) is 0 Å². The first-order valence-electron chi connectivity index (χ1n) is 13.1. The van der Waals surface area contributed by atoms with Crippen LogP contribution >= 0.6 is 0 Å². The van der Waals surface area contributed by atoms with E-state index in [1.54, 1.807) is 0 Å². The second-order valence-electron chi connectivity index (χ2n) is 11.0. The monoisotopic (exact) mass is 470 g/mol. The van der Waals surface area contributed by atoms with Gasteiger partial charge in [-0.3, -0.25) is 0 Å². The van der Waals surface area contributed by atoms with E-state index in [1.165, 1.54) is 76.8 Å². The Morgan fingerprint density at radius 2 is 1.00 bits per heavy atom. The maximum absolute atomic E-state index is 2.40. The van der Waals surface area contributed by atoms with Gasteiger partial charge in [0.2, 0.25) is 0 Å². The lowest BCUT2D eigenvalue weighted by atomic mass is 9.81. The van der Waals surface area contributed by atoms with Crippen molar-refractivity contribution >= 4 is 32.3 Å². The summed E-state index contributed by atoms with van der Waals surface area (Å²) in [5.41, 5.74) is 10.7. The SMILES string of the molecule is CC1(C)c2ccccc2-c2ccc(-c3ccc(-c4ccc5ccc6cccc7ccc4c5c67)cc3)cc21. The summed E-state index contributed by atoms with van der Waals surface area (Å²) in [5.74, 6) is 0. The number of hydrogen-bond acceptors (Lipinski definition) is 0. The van der Waals surface area contributed by atoms with Crippen molar-refractivity contribution in [1.82, 2.24) is 0 Å². The van der Waals surface area contributed by atoms with Gasteiger partial charge in [-0.25, -0.2) is 0 Å². The minimum atomic E-state index is 0.0175. The van der Waals surface area contributed by atoms with E-state index in [-0.39, 0.29) is 5.41 Å². The van der Waals surface area contributed by atoms with Gasteiger partial charge in [0.1, 0.15) is 0 Å². The first-order chi connectivity index (χ1) is 18.1. The molecule has 0 spiro atoms. The molecule has 0 fully saturated rings. The van der Waals surface area contributed by atoms with Gasteiger partial charge >= 0.3 is 0 Å². The third-order valence-corrected chi connectivity index (χ3v) is 8.64. The van der Waals surface area contributed by atoms with Crippen molar-refractivity contribution in [2.24, 2.45) is 0 Å². The van der Waals surface area contributed by atoms with Crippen molar-refractivity contribution in [2.45, 2.75) is 19.3 Å². The highest BCUT2D eigenvalue weighted by Crippen LogP contribution is 2.49. The number of benzene rings is 7. The summed E-state index contributed by atoms with van der Waals surface area (Å²) < 4.78 is 0. The molecule has 174 valence electrons. The molecule has 0 saturated heterocycles. The van der Waals surface area contributed by atoms with Gasteiger partial charge in [-0.05, 0) is 82.9 Å². The molecule has 0 unspecified atom stereocenters. The van der Waals surface area contributed by atoms with Crippen LogP contribution in [0.2, 0.25) is 0 Å². The first-order valence-corrected chi connectivity index (χ1v) is 13.1. The lowest BCUT2D eigenvalue weighted by molar-refractivity contribution is 0.660. The van der Waals surface area contributed by atoms with Crippen molar-refractivity contribution in [1.29, 1.82) is 0 Å². The third-order valence-electron chi connectivity index (χ3n) is 8.64. The number of rotatable bonds is 2. The van der Waals surface area contributed by atoms with Crippen LogP contribution in [0, 0.1) is 0 Å². The van der Waals surface area contributed by atoms with Crippen LogP contribution in [0.3, 0.4) is 0 Å². The van der Waals surface area contributed by atoms with Gasteiger partial charge in [0.05, 0.1) is 0 Å². The van der Waals surface area contributed by atoms with Gasteiger partial charge in [-0.15, -0.1) is 0 Å². The summed E-state index contributed by atoms with van der Waals surface area (Å²) in [6.07, 6.45) is 0. The molecule has 0 radical (unpaired) electrons. The fourth-order valence-corrected chi connectivity index (χ4v) is 6.71. The lowest BCUT2D eigenvalue weighted by Crippen LogP contribution is -2.14. The summed E-state index contributed by atoms with van der Waals surface area (Å²) in [5, 5.41) is 8.00. The van der Waals surface area contributed by atoms with Crippen molar-refractivity contribution in [2.75, 3.05) is 0 Å². The highest BCUT2D eigenvalue weighted by atomic mass is 14.4. The third kappa shape index (κ3) is 2.84. The Balaban J connectivity index is 1.23. The Morgan fingerprint density at radius 1 is 0.405 bits per heavy atom. The van der Waals surface area contributed by atoms with Crippen LogP contribution in [-0.4, -0.2) is 0 Å². The van der Waals surface area contributed by atoms with E-state index in [0.717, 1.165) is 0 Å². The van der Waals surface area contributed by atoms with Crippen molar-refractivity contribution in [3.05, 3.63) is 132 Å². The van der Waals surface area contributed by atoms with Gasteiger partial charge in [0.15, 0.2) is 0 Å². The average molecular weight is 471 g/mol. The van der Waals surface area contributed by atoms with Crippen molar-refractivity contribution in [3.8, 4) is 33.4 Å². The van der Waals surface area contributed by atoms with Gasteiger partial charge in [-0.2, -0.15) is 0 Å². The highest BCUT2D eigenvalue weighted by molar-refractivity contribution is 6.25. The fourth-order valence-electron chi connectivity index (χ4n) is 6.71. The van der Waals surface area contributed by atoms with Gasteiger partial charge < -0.3 is 0 Å². The second kappa shape index (κ2) is 7.31. The second-order valence-corrected chi connectivity index (χ2v) is 11.0. The van der Waals surface area contributed by atoms with Crippen LogP contribution in [0.25, 0.3) is 65.7 Å². The topological polar surface area (TPSA) is 0 Å². The van der Waals surface area contributed by atoms with E-state index in [1.807, 2.05) is 0 Å². The summed E-state index contributed by atoms with van der Waals surface area (Å²) in [4.78, 5) is 0. The van der Waals surface area contributed by atoms with Crippen LogP contribution in [0.15, 0.2) is 121 Å². The summed E-state index contributed by atoms with van der Waals surface area (Å²) in [6, 6.07) is 45.2. The predicted molar refractivity (Wildman–Crippen MR) is 159 cm³/mol. The minimum absolute atomic E-state index is 0.0175. The zero-order valence-corrected chi connectivity index (χ0v) is 21.0. The Labute approximate surface area is 217 Å². The fraction of sp³-hybridized carbons (Fsp3) is 0.0811. The predicted octanol–water partition coefficient (Wildman–Crippen LogP) is 10.2. The maximum atomic E-state index is 2.40. The Morgan fingerprint density at radius 3 is 1.81 bits per heavy atom. The van der Waals surface area contributed by atoms with Crippen LogP contribution in [0.4, 0.5) is 0 Å². The van der Waals surface area contributed by atoms with Crippen LogP contribution < -0.4 is 0 Å².